The van der Waals surface area contributed by atoms with Crippen LogP contribution in [0.4, 0.5) is 17.3 Å². The van der Waals surface area contributed by atoms with Crippen molar-refractivity contribution < 1.29 is 4.79 Å². The molecule has 0 saturated heterocycles. The lowest BCUT2D eigenvalue weighted by Crippen LogP contribution is -2.42. The van der Waals surface area contributed by atoms with Crippen LogP contribution in [-0.2, 0) is 0 Å². The van der Waals surface area contributed by atoms with Crippen molar-refractivity contribution in [2.24, 2.45) is 11.5 Å². The van der Waals surface area contributed by atoms with Gasteiger partial charge in [-0.05, 0) is 47.0 Å². The molecule has 2 atom stereocenters. The van der Waals surface area contributed by atoms with Crippen LogP contribution in [0.1, 0.15) is 36.0 Å². The molecular weight excluding hydrogens is 432 g/mol. The Kier molecular flexibility index (Phi) is 5.64. The maximum absolute atomic E-state index is 12.0. The van der Waals surface area contributed by atoms with Gasteiger partial charge in [-0.3, -0.25) is 9.78 Å². The maximum Gasteiger partial charge on any atom is 0.252 e. The SMILES string of the molecule is NC(=O)c1cc(Br)c(NC2CCCCC2N)nc1Nc1cnc2ccccc2c1. The van der Waals surface area contributed by atoms with Crippen molar-refractivity contribution in [3.05, 3.63) is 52.6 Å². The maximum atomic E-state index is 12.0. The Balaban J connectivity index is 1.67. The van der Waals surface area contributed by atoms with Crippen molar-refractivity contribution in [1.82, 2.24) is 9.97 Å². The van der Waals surface area contributed by atoms with E-state index in [4.69, 9.17) is 11.5 Å². The second-order valence-electron chi connectivity index (χ2n) is 7.32. The van der Waals surface area contributed by atoms with Crippen LogP contribution in [0, 0.1) is 0 Å². The molecule has 0 radical (unpaired) electrons. The zero-order chi connectivity index (χ0) is 20.4. The lowest BCUT2D eigenvalue weighted by molar-refractivity contribution is 0.100. The number of halogens is 1. The minimum atomic E-state index is -0.560. The van der Waals surface area contributed by atoms with E-state index >= 15 is 0 Å². The Hall–Kier alpha value is -2.71. The van der Waals surface area contributed by atoms with Gasteiger partial charge in [0.1, 0.15) is 11.6 Å². The van der Waals surface area contributed by atoms with Crippen LogP contribution >= 0.6 is 15.9 Å². The monoisotopic (exact) mass is 454 g/mol. The first-order valence-electron chi connectivity index (χ1n) is 9.65. The molecule has 1 aromatic carbocycles. The number of hydrogen-bond donors (Lipinski definition) is 4. The molecule has 8 heteroatoms. The molecule has 0 aliphatic heterocycles. The summed E-state index contributed by atoms with van der Waals surface area (Å²) in [5.74, 6) is 0.452. The molecule has 150 valence electrons. The summed E-state index contributed by atoms with van der Waals surface area (Å²) in [6.45, 7) is 0. The molecule has 4 rings (SSSR count). The Bertz CT molecular complexity index is 1060. The molecule has 2 heterocycles. The summed E-state index contributed by atoms with van der Waals surface area (Å²) in [7, 11) is 0. The van der Waals surface area contributed by atoms with Gasteiger partial charge < -0.3 is 22.1 Å². The fraction of sp³-hybridized carbons (Fsp3) is 0.286. The highest BCUT2D eigenvalue weighted by Gasteiger charge is 2.24. The topological polar surface area (TPSA) is 119 Å². The standard InChI is InChI=1S/C21H23BrN6O/c22-15-10-14(19(24)29)20(28-21(15)27-18-8-4-2-6-16(18)23)26-13-9-12-5-1-3-7-17(12)25-11-13/h1,3,5,7,9-11,16,18H,2,4,6,8,23H2,(H2,24,29)(H2,26,27,28). The average molecular weight is 455 g/mol. The molecule has 1 saturated carbocycles. The van der Waals surface area contributed by atoms with Crippen LogP contribution in [0.2, 0.25) is 0 Å². The molecule has 2 aromatic heterocycles. The number of nitrogens with two attached hydrogens (primary N) is 2. The Morgan fingerprint density at radius 3 is 2.72 bits per heavy atom. The highest BCUT2D eigenvalue weighted by atomic mass is 79.9. The number of anilines is 3. The number of amides is 1. The summed E-state index contributed by atoms with van der Waals surface area (Å²) in [5.41, 5.74) is 13.8. The van der Waals surface area contributed by atoms with Crippen LogP contribution in [0.3, 0.4) is 0 Å². The Morgan fingerprint density at radius 2 is 1.93 bits per heavy atom. The van der Waals surface area contributed by atoms with Crippen LogP contribution < -0.4 is 22.1 Å². The lowest BCUT2D eigenvalue weighted by Gasteiger charge is -2.30. The molecule has 1 fully saturated rings. The summed E-state index contributed by atoms with van der Waals surface area (Å²) >= 11 is 3.50. The summed E-state index contributed by atoms with van der Waals surface area (Å²) in [4.78, 5) is 21.1. The van der Waals surface area contributed by atoms with Gasteiger partial charge in [0.2, 0.25) is 0 Å². The van der Waals surface area contributed by atoms with E-state index in [-0.39, 0.29) is 12.1 Å². The number of hydrogen-bond acceptors (Lipinski definition) is 6. The van der Waals surface area contributed by atoms with E-state index in [2.05, 4.69) is 36.5 Å². The number of primary amides is 1. The number of para-hydroxylation sites is 1. The third-order valence-electron chi connectivity index (χ3n) is 5.24. The predicted molar refractivity (Wildman–Crippen MR) is 119 cm³/mol. The van der Waals surface area contributed by atoms with Crippen molar-refractivity contribution in [2.75, 3.05) is 10.6 Å². The van der Waals surface area contributed by atoms with Crippen molar-refractivity contribution in [1.29, 1.82) is 0 Å². The molecule has 7 nitrogen and oxygen atoms in total. The average Bonchev–Trinajstić information content (AvgIpc) is 2.71. The molecule has 0 spiro atoms. The van der Waals surface area contributed by atoms with E-state index in [9.17, 15) is 4.79 Å². The first-order chi connectivity index (χ1) is 14.0. The number of nitrogens with zero attached hydrogens (tertiary/aromatic N) is 2. The van der Waals surface area contributed by atoms with Gasteiger partial charge in [0, 0.05) is 17.5 Å². The summed E-state index contributed by atoms with van der Waals surface area (Å²) in [6.07, 6.45) is 5.97. The van der Waals surface area contributed by atoms with Crippen molar-refractivity contribution in [3.8, 4) is 0 Å². The van der Waals surface area contributed by atoms with Gasteiger partial charge in [0.25, 0.3) is 5.91 Å². The summed E-state index contributed by atoms with van der Waals surface area (Å²) in [5, 5.41) is 7.61. The van der Waals surface area contributed by atoms with Gasteiger partial charge in [0.15, 0.2) is 0 Å². The molecule has 29 heavy (non-hydrogen) atoms. The molecule has 1 aliphatic carbocycles. The molecule has 6 N–H and O–H groups in total. The first-order valence-corrected chi connectivity index (χ1v) is 10.4. The van der Waals surface area contributed by atoms with E-state index in [1.165, 1.54) is 0 Å². The summed E-state index contributed by atoms with van der Waals surface area (Å²) in [6, 6.07) is 11.7. The number of carbonyl (C=O) groups excluding carboxylic acids is 1. The third kappa shape index (κ3) is 4.33. The lowest BCUT2D eigenvalue weighted by atomic mass is 9.91. The summed E-state index contributed by atoms with van der Waals surface area (Å²) < 4.78 is 0.672. The smallest absolute Gasteiger partial charge is 0.252 e. The van der Waals surface area contributed by atoms with Gasteiger partial charge >= 0.3 is 0 Å². The number of pyridine rings is 2. The normalized spacial score (nSPS) is 19.1. The van der Waals surface area contributed by atoms with Crippen LogP contribution in [-0.4, -0.2) is 28.0 Å². The molecule has 0 bridgehead atoms. The zero-order valence-corrected chi connectivity index (χ0v) is 17.4. The molecule has 1 aliphatic rings. The second kappa shape index (κ2) is 8.34. The third-order valence-corrected chi connectivity index (χ3v) is 5.84. The molecule has 3 aromatic rings. The van der Waals surface area contributed by atoms with E-state index in [0.717, 1.165) is 42.3 Å². The minimum absolute atomic E-state index is 0.0781. The number of benzene rings is 1. The Labute approximate surface area is 177 Å². The number of nitrogens with one attached hydrogen (secondary N) is 2. The van der Waals surface area contributed by atoms with E-state index in [1.54, 1.807) is 12.3 Å². The van der Waals surface area contributed by atoms with Crippen molar-refractivity contribution in [3.63, 3.8) is 0 Å². The van der Waals surface area contributed by atoms with Gasteiger partial charge in [-0.2, -0.15) is 0 Å². The molecular formula is C21H23BrN6O. The van der Waals surface area contributed by atoms with Gasteiger partial charge in [-0.25, -0.2) is 4.98 Å². The fourth-order valence-electron chi connectivity index (χ4n) is 3.66. The van der Waals surface area contributed by atoms with E-state index in [1.807, 2.05) is 30.3 Å². The predicted octanol–water partition coefficient (Wildman–Crippen LogP) is 3.92. The second-order valence-corrected chi connectivity index (χ2v) is 8.17. The highest BCUT2D eigenvalue weighted by molar-refractivity contribution is 9.10. The largest absolute Gasteiger partial charge is 0.365 e. The van der Waals surface area contributed by atoms with Crippen molar-refractivity contribution in [2.45, 2.75) is 37.8 Å². The zero-order valence-electron chi connectivity index (χ0n) is 15.9. The molecule has 1 amide bonds. The highest BCUT2D eigenvalue weighted by Crippen LogP contribution is 2.30. The van der Waals surface area contributed by atoms with Crippen LogP contribution in [0.25, 0.3) is 10.9 Å². The number of rotatable bonds is 5. The van der Waals surface area contributed by atoms with Crippen molar-refractivity contribution >= 4 is 50.1 Å². The number of carbonyl (C=O) groups is 1. The van der Waals surface area contributed by atoms with Gasteiger partial charge in [-0.15, -0.1) is 0 Å². The molecule has 2 unspecified atom stereocenters. The van der Waals surface area contributed by atoms with Gasteiger partial charge in [-0.1, -0.05) is 31.0 Å². The van der Waals surface area contributed by atoms with E-state index in [0.29, 0.717) is 21.7 Å². The van der Waals surface area contributed by atoms with Crippen LogP contribution in [0.15, 0.2) is 47.1 Å². The minimum Gasteiger partial charge on any atom is -0.365 e. The number of fused-ring (bicyclic) bond motifs is 1. The van der Waals surface area contributed by atoms with Gasteiger partial charge in [0.05, 0.1) is 27.4 Å². The first kappa shape index (κ1) is 19.6. The van der Waals surface area contributed by atoms with E-state index < -0.39 is 5.91 Å². The number of aromatic nitrogens is 2. The fourth-order valence-corrected chi connectivity index (χ4v) is 4.10. The Morgan fingerprint density at radius 1 is 1.14 bits per heavy atom. The quantitative estimate of drug-likeness (QED) is 0.463. The van der Waals surface area contributed by atoms with Crippen LogP contribution in [0.5, 0.6) is 0 Å².